The van der Waals surface area contributed by atoms with Gasteiger partial charge in [-0.05, 0) is 66.8 Å². The molecule has 1 aliphatic rings. The summed E-state index contributed by atoms with van der Waals surface area (Å²) in [6.07, 6.45) is 2.68. The molecule has 1 aromatic heterocycles. The maximum absolute atomic E-state index is 12.6. The predicted molar refractivity (Wildman–Crippen MR) is 152 cm³/mol. The zero-order chi connectivity index (χ0) is 26.3. The second kappa shape index (κ2) is 12.9. The first-order valence-corrected chi connectivity index (χ1v) is 14.6. The lowest BCUT2D eigenvalue weighted by molar-refractivity contribution is -0.126. The van der Waals surface area contributed by atoms with Gasteiger partial charge in [0, 0.05) is 28.8 Å². The molecule has 0 aliphatic carbocycles. The van der Waals surface area contributed by atoms with Gasteiger partial charge < -0.3 is 9.84 Å². The van der Waals surface area contributed by atoms with Gasteiger partial charge in [-0.25, -0.2) is 0 Å². The Morgan fingerprint density at radius 3 is 2.49 bits per heavy atom. The van der Waals surface area contributed by atoms with Gasteiger partial charge in [0.1, 0.15) is 0 Å². The van der Waals surface area contributed by atoms with E-state index in [0.29, 0.717) is 18.3 Å². The number of aromatic nitrogens is 2. The van der Waals surface area contributed by atoms with Gasteiger partial charge in [-0.3, -0.25) is 9.69 Å². The Hall–Kier alpha value is -2.35. The largest absolute Gasteiger partial charge is 0.356 e. The Kier molecular flexibility index (Phi) is 9.68. The number of carbonyl (C=O) groups excluding carboxylic acids is 1. The summed E-state index contributed by atoms with van der Waals surface area (Å²) in [6, 6.07) is 16.3. The third kappa shape index (κ3) is 8.32. The fourth-order valence-corrected chi connectivity index (χ4v) is 5.45. The van der Waals surface area contributed by atoms with Crippen LogP contribution in [0.1, 0.15) is 57.1 Å². The van der Waals surface area contributed by atoms with E-state index >= 15 is 0 Å². The molecule has 0 atom stereocenters. The first kappa shape index (κ1) is 27.7. The lowest BCUT2D eigenvalue weighted by Gasteiger charge is -2.30. The van der Waals surface area contributed by atoms with Crippen LogP contribution in [0, 0.1) is 5.92 Å². The second-order valence-corrected chi connectivity index (χ2v) is 12.3. The van der Waals surface area contributed by atoms with Crippen LogP contribution in [-0.4, -0.2) is 46.3 Å². The molecule has 1 fully saturated rings. The lowest BCUT2D eigenvalue weighted by atomic mass is 9.87. The summed E-state index contributed by atoms with van der Waals surface area (Å²) in [5.41, 5.74) is 3.63. The number of hydrogen-bond donors (Lipinski definition) is 1. The lowest BCUT2D eigenvalue weighted by Crippen LogP contribution is -2.40. The number of benzene rings is 2. The van der Waals surface area contributed by atoms with Crippen LogP contribution in [0.15, 0.2) is 53.1 Å². The van der Waals surface area contributed by atoms with Crippen molar-refractivity contribution in [3.05, 3.63) is 70.6 Å². The van der Waals surface area contributed by atoms with Gasteiger partial charge in [0.05, 0.1) is 6.54 Å². The van der Waals surface area contributed by atoms with Crippen molar-refractivity contribution in [3.63, 3.8) is 0 Å². The average Bonchev–Trinajstić information content (AvgIpc) is 3.35. The molecular formula is C29H37ClN4O2S. The molecule has 1 saturated heterocycles. The van der Waals surface area contributed by atoms with Crippen molar-refractivity contribution >= 4 is 29.3 Å². The molecule has 4 rings (SSSR count). The predicted octanol–water partition coefficient (Wildman–Crippen LogP) is 6.34. The SMILES string of the molecule is CC(C)(C)c1ccc(-c2noc(CN3CCC(C(=O)NCCCSCc4ccc(Cl)cc4)CC3)n2)cc1. The smallest absolute Gasteiger partial charge is 0.241 e. The topological polar surface area (TPSA) is 71.3 Å². The van der Waals surface area contributed by atoms with Gasteiger partial charge in [0.15, 0.2) is 0 Å². The van der Waals surface area contributed by atoms with E-state index in [9.17, 15) is 4.79 Å². The first-order valence-electron chi connectivity index (χ1n) is 13.0. The van der Waals surface area contributed by atoms with E-state index in [1.54, 1.807) is 0 Å². The van der Waals surface area contributed by atoms with E-state index in [-0.39, 0.29) is 17.2 Å². The van der Waals surface area contributed by atoms with Crippen LogP contribution in [0.3, 0.4) is 0 Å². The normalized spacial score (nSPS) is 15.1. The molecule has 37 heavy (non-hydrogen) atoms. The second-order valence-electron chi connectivity index (χ2n) is 10.7. The van der Waals surface area contributed by atoms with E-state index in [0.717, 1.165) is 61.0 Å². The molecule has 0 unspecified atom stereocenters. The molecule has 2 aromatic carbocycles. The van der Waals surface area contributed by atoms with Crippen molar-refractivity contribution < 1.29 is 9.32 Å². The van der Waals surface area contributed by atoms with Gasteiger partial charge in [0.25, 0.3) is 0 Å². The summed E-state index contributed by atoms with van der Waals surface area (Å²) in [6.45, 7) is 9.66. The molecule has 0 spiro atoms. The Bertz CT molecular complexity index is 1130. The zero-order valence-electron chi connectivity index (χ0n) is 22.0. The number of piperidine rings is 1. The summed E-state index contributed by atoms with van der Waals surface area (Å²) >= 11 is 7.81. The minimum atomic E-state index is 0.0811. The summed E-state index contributed by atoms with van der Waals surface area (Å²) in [5.74, 6) is 3.49. The van der Waals surface area contributed by atoms with Gasteiger partial charge >= 0.3 is 0 Å². The van der Waals surface area contributed by atoms with Crippen molar-refractivity contribution in [2.75, 3.05) is 25.4 Å². The standard InChI is InChI=1S/C29H37ClN4O2S/c1-29(2,3)24-9-7-22(8-10-24)27-32-26(36-33-27)19-34-16-13-23(14-17-34)28(35)31-15-4-18-37-20-21-5-11-25(30)12-6-21/h5-12,23H,4,13-20H2,1-3H3,(H,31,35). The van der Waals surface area contributed by atoms with Gasteiger partial charge in [0.2, 0.25) is 17.6 Å². The van der Waals surface area contributed by atoms with E-state index < -0.39 is 0 Å². The highest BCUT2D eigenvalue weighted by molar-refractivity contribution is 7.98. The number of rotatable bonds is 10. The van der Waals surface area contributed by atoms with Crippen LogP contribution in [0.5, 0.6) is 0 Å². The molecule has 2 heterocycles. The fourth-order valence-electron chi connectivity index (χ4n) is 4.40. The zero-order valence-corrected chi connectivity index (χ0v) is 23.6. The van der Waals surface area contributed by atoms with E-state index in [1.807, 2.05) is 23.9 Å². The summed E-state index contributed by atoms with van der Waals surface area (Å²) in [5, 5.41) is 8.07. The monoisotopic (exact) mass is 540 g/mol. The molecule has 8 heteroatoms. The van der Waals surface area contributed by atoms with Gasteiger partial charge in [-0.15, -0.1) is 0 Å². The van der Waals surface area contributed by atoms with Crippen molar-refractivity contribution in [2.45, 2.75) is 57.7 Å². The fraction of sp³-hybridized carbons (Fsp3) is 0.483. The van der Waals surface area contributed by atoms with E-state index in [4.69, 9.17) is 16.1 Å². The molecule has 0 bridgehead atoms. The highest BCUT2D eigenvalue weighted by atomic mass is 35.5. The third-order valence-corrected chi connectivity index (χ3v) is 8.11. The molecule has 6 nitrogen and oxygen atoms in total. The number of nitrogens with zero attached hydrogens (tertiary/aromatic N) is 3. The summed E-state index contributed by atoms with van der Waals surface area (Å²) in [4.78, 5) is 19.5. The van der Waals surface area contributed by atoms with Crippen molar-refractivity contribution in [2.24, 2.45) is 5.92 Å². The minimum absolute atomic E-state index is 0.0811. The molecule has 198 valence electrons. The highest BCUT2D eigenvalue weighted by Gasteiger charge is 2.26. The molecule has 3 aromatic rings. The van der Waals surface area contributed by atoms with Crippen molar-refractivity contribution in [3.8, 4) is 11.4 Å². The van der Waals surface area contributed by atoms with Crippen LogP contribution in [-0.2, 0) is 22.5 Å². The number of carbonyl (C=O) groups is 1. The molecule has 0 radical (unpaired) electrons. The quantitative estimate of drug-likeness (QED) is 0.302. The molecule has 1 N–H and O–H groups in total. The van der Waals surface area contributed by atoms with Gasteiger partial charge in [-0.2, -0.15) is 16.7 Å². The van der Waals surface area contributed by atoms with Crippen molar-refractivity contribution in [1.29, 1.82) is 0 Å². The van der Waals surface area contributed by atoms with Crippen LogP contribution in [0.25, 0.3) is 11.4 Å². The van der Waals surface area contributed by atoms with Crippen molar-refractivity contribution in [1.82, 2.24) is 20.4 Å². The van der Waals surface area contributed by atoms with E-state index in [1.165, 1.54) is 11.1 Å². The summed E-state index contributed by atoms with van der Waals surface area (Å²) in [7, 11) is 0. The Labute approximate surface area is 229 Å². The first-order chi connectivity index (χ1) is 17.8. The molecular weight excluding hydrogens is 504 g/mol. The number of likely N-dealkylation sites (tertiary alicyclic amines) is 1. The van der Waals surface area contributed by atoms with Crippen LogP contribution >= 0.6 is 23.4 Å². The number of amides is 1. The third-order valence-electron chi connectivity index (χ3n) is 6.74. The molecule has 1 amide bonds. The molecule has 1 aliphatic heterocycles. The maximum Gasteiger partial charge on any atom is 0.241 e. The maximum atomic E-state index is 12.6. The number of halogens is 1. The Morgan fingerprint density at radius 1 is 1.11 bits per heavy atom. The number of hydrogen-bond acceptors (Lipinski definition) is 6. The molecule has 0 saturated carbocycles. The van der Waals surface area contributed by atoms with Gasteiger partial charge in [-0.1, -0.05) is 73.9 Å². The highest BCUT2D eigenvalue weighted by Crippen LogP contribution is 2.25. The number of nitrogens with one attached hydrogen (secondary N) is 1. The Morgan fingerprint density at radius 2 is 1.81 bits per heavy atom. The van der Waals surface area contributed by atoms with Crippen LogP contribution < -0.4 is 5.32 Å². The summed E-state index contributed by atoms with van der Waals surface area (Å²) < 4.78 is 5.52. The minimum Gasteiger partial charge on any atom is -0.356 e. The average molecular weight is 541 g/mol. The van der Waals surface area contributed by atoms with Crippen LogP contribution in [0.2, 0.25) is 5.02 Å². The number of thioether (sulfide) groups is 1. The van der Waals surface area contributed by atoms with Crippen LogP contribution in [0.4, 0.5) is 0 Å². The van der Waals surface area contributed by atoms with E-state index in [2.05, 4.69) is 77.5 Å². The Balaban J connectivity index is 1.13.